The minimum Gasteiger partial charge on any atom is -0.468 e. The molecule has 0 fully saturated rings. The summed E-state index contributed by atoms with van der Waals surface area (Å²) in [5.41, 5.74) is 3.83. The first-order valence-electron chi connectivity index (χ1n) is 10.0. The Morgan fingerprint density at radius 1 is 1.13 bits per heavy atom. The van der Waals surface area contributed by atoms with Crippen LogP contribution in [0, 0.1) is 19.7 Å². The maximum Gasteiger partial charge on any atom is 0.258 e. The topological polar surface area (TPSA) is 69.0 Å². The first kappa shape index (κ1) is 20.5. The van der Waals surface area contributed by atoms with Crippen molar-refractivity contribution in [2.45, 2.75) is 26.8 Å². The van der Waals surface area contributed by atoms with Crippen molar-refractivity contribution in [1.82, 2.24) is 20.1 Å². The fourth-order valence-electron chi connectivity index (χ4n) is 3.58. The second-order valence-corrected chi connectivity index (χ2v) is 7.44. The quantitative estimate of drug-likeness (QED) is 0.503. The summed E-state index contributed by atoms with van der Waals surface area (Å²) < 4.78 is 21.0. The van der Waals surface area contributed by atoms with Crippen LogP contribution in [-0.4, -0.2) is 27.3 Å². The summed E-state index contributed by atoms with van der Waals surface area (Å²) >= 11 is 0. The van der Waals surface area contributed by atoms with Gasteiger partial charge in [0, 0.05) is 11.5 Å². The Bertz CT molecular complexity index is 1240. The normalized spacial score (nSPS) is 12.0. The van der Waals surface area contributed by atoms with Crippen LogP contribution in [0.2, 0.25) is 0 Å². The lowest BCUT2D eigenvalue weighted by Gasteiger charge is -2.14. The molecular weight excluding hydrogens is 395 g/mol. The Kier molecular flexibility index (Phi) is 5.66. The summed E-state index contributed by atoms with van der Waals surface area (Å²) in [6.07, 6.45) is 0. The highest BCUT2D eigenvalue weighted by Gasteiger charge is 2.16. The van der Waals surface area contributed by atoms with E-state index in [9.17, 15) is 9.18 Å². The molecule has 7 heteroatoms. The molecule has 6 nitrogen and oxygen atoms in total. The van der Waals surface area contributed by atoms with Crippen LogP contribution < -0.4 is 10.1 Å². The SMILES string of the molecule is Cc1cc(OCC(=O)N[C@@H](C)c2ccccc2)nc2c1c(C)nn2-c1cccc(F)c1. The highest BCUT2D eigenvalue weighted by atomic mass is 19.1. The largest absolute Gasteiger partial charge is 0.468 e. The monoisotopic (exact) mass is 418 g/mol. The average Bonchev–Trinajstić information content (AvgIpc) is 3.10. The van der Waals surface area contributed by atoms with E-state index >= 15 is 0 Å². The van der Waals surface area contributed by atoms with Crippen molar-refractivity contribution in [2.75, 3.05) is 6.61 Å². The van der Waals surface area contributed by atoms with Crippen molar-refractivity contribution in [1.29, 1.82) is 0 Å². The summed E-state index contributed by atoms with van der Waals surface area (Å²) in [5.74, 6) is -0.289. The Hall–Kier alpha value is -3.74. The minimum absolute atomic E-state index is 0.133. The number of nitrogens with zero attached hydrogens (tertiary/aromatic N) is 3. The Labute approximate surface area is 179 Å². The molecule has 0 aliphatic heterocycles. The average molecular weight is 418 g/mol. The molecular formula is C24H23FN4O2. The van der Waals surface area contributed by atoms with Gasteiger partial charge in [-0.25, -0.2) is 9.07 Å². The number of aromatic nitrogens is 3. The Morgan fingerprint density at radius 2 is 1.90 bits per heavy atom. The highest BCUT2D eigenvalue weighted by molar-refractivity contribution is 5.84. The Morgan fingerprint density at radius 3 is 2.65 bits per heavy atom. The summed E-state index contributed by atoms with van der Waals surface area (Å²) in [5, 5.41) is 8.31. The van der Waals surface area contributed by atoms with Gasteiger partial charge in [0.25, 0.3) is 5.91 Å². The maximum atomic E-state index is 13.7. The molecule has 0 spiro atoms. The highest BCUT2D eigenvalue weighted by Crippen LogP contribution is 2.27. The van der Waals surface area contributed by atoms with E-state index in [0.717, 1.165) is 22.2 Å². The smallest absolute Gasteiger partial charge is 0.258 e. The zero-order valence-corrected chi connectivity index (χ0v) is 17.6. The van der Waals surface area contributed by atoms with Gasteiger partial charge in [-0.2, -0.15) is 10.1 Å². The number of aryl methyl sites for hydroxylation is 2. The van der Waals surface area contributed by atoms with Gasteiger partial charge in [-0.05, 0) is 50.1 Å². The third-order valence-corrected chi connectivity index (χ3v) is 5.07. The number of pyridine rings is 1. The molecule has 2 aromatic heterocycles. The predicted molar refractivity (Wildman–Crippen MR) is 117 cm³/mol. The molecule has 0 bridgehead atoms. The number of rotatable bonds is 6. The molecule has 4 rings (SSSR count). The molecule has 1 N–H and O–H groups in total. The van der Waals surface area contributed by atoms with Crippen LogP contribution in [0.3, 0.4) is 0 Å². The molecule has 0 aliphatic carbocycles. The van der Waals surface area contributed by atoms with E-state index in [2.05, 4.69) is 15.4 Å². The van der Waals surface area contributed by atoms with Crippen LogP contribution in [0.15, 0.2) is 60.7 Å². The third-order valence-electron chi connectivity index (χ3n) is 5.07. The van der Waals surface area contributed by atoms with Gasteiger partial charge in [0.15, 0.2) is 12.3 Å². The summed E-state index contributed by atoms with van der Waals surface area (Å²) in [4.78, 5) is 16.9. The van der Waals surface area contributed by atoms with Crippen molar-refractivity contribution in [3.05, 3.63) is 83.3 Å². The van der Waals surface area contributed by atoms with Crippen molar-refractivity contribution in [3.63, 3.8) is 0 Å². The lowest BCUT2D eigenvalue weighted by Crippen LogP contribution is -2.31. The number of nitrogens with one attached hydrogen (secondary N) is 1. The zero-order chi connectivity index (χ0) is 22.0. The molecule has 2 aromatic carbocycles. The van der Waals surface area contributed by atoms with E-state index in [-0.39, 0.29) is 24.4 Å². The van der Waals surface area contributed by atoms with Gasteiger partial charge in [-0.15, -0.1) is 0 Å². The van der Waals surface area contributed by atoms with Crippen LogP contribution in [0.4, 0.5) is 4.39 Å². The van der Waals surface area contributed by atoms with Gasteiger partial charge in [-0.3, -0.25) is 4.79 Å². The first-order chi connectivity index (χ1) is 14.9. The number of benzene rings is 2. The molecule has 0 radical (unpaired) electrons. The first-order valence-corrected chi connectivity index (χ1v) is 10.0. The second-order valence-electron chi connectivity index (χ2n) is 7.44. The van der Waals surface area contributed by atoms with E-state index in [1.165, 1.54) is 12.1 Å². The number of ether oxygens (including phenoxy) is 1. The number of carbonyl (C=O) groups is 1. The van der Waals surface area contributed by atoms with Gasteiger partial charge < -0.3 is 10.1 Å². The van der Waals surface area contributed by atoms with Crippen LogP contribution >= 0.6 is 0 Å². The number of hydrogen-bond acceptors (Lipinski definition) is 4. The van der Waals surface area contributed by atoms with Crippen LogP contribution in [0.1, 0.15) is 29.8 Å². The molecule has 0 unspecified atom stereocenters. The molecule has 0 aliphatic rings. The summed E-state index contributed by atoms with van der Waals surface area (Å²) in [7, 11) is 0. The maximum absolute atomic E-state index is 13.7. The van der Waals surface area contributed by atoms with Gasteiger partial charge in [0.1, 0.15) is 5.82 Å². The van der Waals surface area contributed by atoms with Crippen molar-refractivity contribution < 1.29 is 13.9 Å². The predicted octanol–water partition coefficient (Wildman–Crippen LogP) is 4.43. The number of halogens is 1. The van der Waals surface area contributed by atoms with Crippen LogP contribution in [0.25, 0.3) is 16.7 Å². The number of amides is 1. The van der Waals surface area contributed by atoms with Crippen molar-refractivity contribution in [2.24, 2.45) is 0 Å². The Balaban J connectivity index is 1.54. The van der Waals surface area contributed by atoms with E-state index in [4.69, 9.17) is 4.74 Å². The fraction of sp³-hybridized carbons (Fsp3) is 0.208. The zero-order valence-electron chi connectivity index (χ0n) is 17.6. The minimum atomic E-state index is -0.355. The summed E-state index contributed by atoms with van der Waals surface area (Å²) in [6, 6.07) is 17.5. The van der Waals surface area contributed by atoms with Gasteiger partial charge >= 0.3 is 0 Å². The van der Waals surface area contributed by atoms with Crippen molar-refractivity contribution in [3.8, 4) is 11.6 Å². The lowest BCUT2D eigenvalue weighted by atomic mass is 10.1. The van der Waals surface area contributed by atoms with Crippen LogP contribution in [0.5, 0.6) is 5.88 Å². The molecule has 2 heterocycles. The molecule has 0 saturated heterocycles. The number of carbonyl (C=O) groups excluding carboxylic acids is 1. The van der Waals surface area contributed by atoms with Crippen LogP contribution in [-0.2, 0) is 4.79 Å². The molecule has 4 aromatic rings. The molecule has 1 amide bonds. The van der Waals surface area contributed by atoms with Gasteiger partial charge in [0.2, 0.25) is 5.88 Å². The molecule has 158 valence electrons. The van der Waals surface area contributed by atoms with Gasteiger partial charge in [-0.1, -0.05) is 36.4 Å². The van der Waals surface area contributed by atoms with E-state index < -0.39 is 0 Å². The molecule has 31 heavy (non-hydrogen) atoms. The van der Waals surface area contributed by atoms with Crippen molar-refractivity contribution >= 4 is 16.9 Å². The number of hydrogen-bond donors (Lipinski definition) is 1. The standard InChI is InChI=1S/C24H23FN4O2/c1-15-12-22(31-14-21(30)26-16(2)18-8-5-4-6-9-18)27-24-23(15)17(3)28-29(24)20-11-7-10-19(25)13-20/h4-13,16H,14H2,1-3H3,(H,26,30)/t16-/m0/s1. The number of fused-ring (bicyclic) bond motifs is 1. The third kappa shape index (κ3) is 4.40. The molecule has 0 saturated carbocycles. The summed E-state index contributed by atoms with van der Waals surface area (Å²) in [6.45, 7) is 5.56. The molecule has 1 atom stereocenters. The fourth-order valence-corrected chi connectivity index (χ4v) is 3.58. The van der Waals surface area contributed by atoms with E-state index in [0.29, 0.717) is 17.2 Å². The van der Waals surface area contributed by atoms with E-state index in [1.54, 1.807) is 22.9 Å². The lowest BCUT2D eigenvalue weighted by molar-refractivity contribution is -0.123. The van der Waals surface area contributed by atoms with Gasteiger partial charge in [0.05, 0.1) is 17.4 Å². The second kappa shape index (κ2) is 8.55. The van der Waals surface area contributed by atoms with E-state index in [1.807, 2.05) is 51.1 Å².